The summed E-state index contributed by atoms with van der Waals surface area (Å²) in [4.78, 5) is 25.8. The Morgan fingerprint density at radius 3 is 2.50 bits per heavy atom. The number of benzene rings is 1. The molecule has 2 atom stereocenters. The van der Waals surface area contributed by atoms with Crippen molar-refractivity contribution in [2.45, 2.75) is 26.3 Å². The highest BCUT2D eigenvalue weighted by molar-refractivity contribution is 5.96. The van der Waals surface area contributed by atoms with E-state index >= 15 is 0 Å². The van der Waals surface area contributed by atoms with Crippen LogP contribution in [-0.2, 0) is 4.79 Å². The lowest BCUT2D eigenvalue weighted by atomic mass is 10.1. The van der Waals surface area contributed by atoms with Gasteiger partial charge in [0.2, 0.25) is 5.91 Å². The number of anilines is 1. The van der Waals surface area contributed by atoms with Crippen molar-refractivity contribution in [3.05, 3.63) is 29.8 Å². The molecule has 1 aliphatic heterocycles. The molecule has 1 aromatic carbocycles. The van der Waals surface area contributed by atoms with Crippen LogP contribution in [0.5, 0.6) is 0 Å². The van der Waals surface area contributed by atoms with E-state index < -0.39 is 0 Å². The van der Waals surface area contributed by atoms with Crippen molar-refractivity contribution in [3.63, 3.8) is 0 Å². The Balaban J connectivity index is 1.87. The zero-order chi connectivity index (χ0) is 14.7. The molecule has 3 N–H and O–H groups in total. The van der Waals surface area contributed by atoms with E-state index in [9.17, 15) is 9.59 Å². The summed E-state index contributed by atoms with van der Waals surface area (Å²) in [6.07, 6.45) is 1.03. The van der Waals surface area contributed by atoms with Crippen LogP contribution in [0.3, 0.4) is 0 Å². The third kappa shape index (κ3) is 3.29. The molecule has 1 fully saturated rings. The monoisotopic (exact) mass is 275 g/mol. The minimum Gasteiger partial charge on any atom is -0.399 e. The molecule has 5 nitrogen and oxygen atoms in total. The maximum Gasteiger partial charge on any atom is 0.251 e. The number of likely N-dealkylation sites (tertiary alicyclic amines) is 1. The predicted octanol–water partition coefficient (Wildman–Crippen LogP) is 1.26. The highest BCUT2D eigenvalue weighted by Crippen LogP contribution is 2.21. The van der Waals surface area contributed by atoms with Crippen molar-refractivity contribution < 1.29 is 9.59 Å². The summed E-state index contributed by atoms with van der Waals surface area (Å²) in [5.41, 5.74) is 6.69. The molecule has 2 rings (SSSR count). The Kier molecular flexibility index (Phi) is 4.27. The Morgan fingerprint density at radius 2 is 1.95 bits per heavy atom. The second kappa shape index (κ2) is 5.94. The highest BCUT2D eigenvalue weighted by Gasteiger charge is 2.29. The lowest BCUT2D eigenvalue weighted by Crippen LogP contribution is -2.41. The minimum absolute atomic E-state index is 0.0226. The minimum atomic E-state index is -0.252. The van der Waals surface area contributed by atoms with Gasteiger partial charge in [-0.25, -0.2) is 0 Å². The standard InChI is InChI=1S/C15H21N3O2/c1-10-7-11(2)18(9-10)14(19)8-17-15(20)12-3-5-13(16)6-4-12/h3-6,10-11H,7-9,16H2,1-2H3,(H,17,20). The Bertz CT molecular complexity index is 498. The molecule has 2 amide bonds. The second-order valence-electron chi connectivity index (χ2n) is 5.54. The van der Waals surface area contributed by atoms with Crippen LogP contribution in [0, 0.1) is 5.92 Å². The van der Waals surface area contributed by atoms with Gasteiger partial charge < -0.3 is 16.0 Å². The first-order chi connectivity index (χ1) is 9.47. The summed E-state index contributed by atoms with van der Waals surface area (Å²) in [6, 6.07) is 6.89. The molecule has 0 bridgehead atoms. The van der Waals surface area contributed by atoms with E-state index in [0.29, 0.717) is 17.2 Å². The largest absolute Gasteiger partial charge is 0.399 e. The normalized spacial score (nSPS) is 21.8. The molecule has 0 spiro atoms. The summed E-state index contributed by atoms with van der Waals surface area (Å²) in [5, 5.41) is 2.66. The van der Waals surface area contributed by atoms with E-state index in [4.69, 9.17) is 5.73 Å². The molecule has 1 aliphatic rings. The van der Waals surface area contributed by atoms with E-state index in [0.717, 1.165) is 13.0 Å². The highest BCUT2D eigenvalue weighted by atomic mass is 16.2. The van der Waals surface area contributed by atoms with Gasteiger partial charge in [0.15, 0.2) is 0 Å². The second-order valence-corrected chi connectivity index (χ2v) is 5.54. The number of hydrogen-bond acceptors (Lipinski definition) is 3. The van der Waals surface area contributed by atoms with Crippen LogP contribution >= 0.6 is 0 Å². The van der Waals surface area contributed by atoms with Crippen LogP contribution in [0.25, 0.3) is 0 Å². The molecular weight excluding hydrogens is 254 g/mol. The topological polar surface area (TPSA) is 75.4 Å². The first-order valence-electron chi connectivity index (χ1n) is 6.90. The van der Waals surface area contributed by atoms with Gasteiger partial charge in [-0.3, -0.25) is 9.59 Å². The first kappa shape index (κ1) is 14.4. The van der Waals surface area contributed by atoms with Gasteiger partial charge in [0.05, 0.1) is 6.54 Å². The molecule has 0 aliphatic carbocycles. The maximum atomic E-state index is 12.1. The predicted molar refractivity (Wildman–Crippen MR) is 78.1 cm³/mol. The van der Waals surface area contributed by atoms with Crippen LogP contribution in [-0.4, -0.2) is 35.8 Å². The van der Waals surface area contributed by atoms with Crippen LogP contribution in [0.15, 0.2) is 24.3 Å². The van der Waals surface area contributed by atoms with Gasteiger partial charge in [0.25, 0.3) is 5.91 Å². The number of nitrogens with one attached hydrogen (secondary N) is 1. The number of nitrogen functional groups attached to an aromatic ring is 1. The van der Waals surface area contributed by atoms with Gasteiger partial charge in [0, 0.05) is 23.8 Å². The lowest BCUT2D eigenvalue weighted by molar-refractivity contribution is -0.130. The molecule has 2 unspecified atom stereocenters. The average Bonchev–Trinajstić information content (AvgIpc) is 2.75. The Hall–Kier alpha value is -2.04. The van der Waals surface area contributed by atoms with Crippen LogP contribution < -0.4 is 11.1 Å². The Labute approximate surface area is 119 Å². The van der Waals surface area contributed by atoms with Crippen LogP contribution in [0.2, 0.25) is 0 Å². The maximum absolute atomic E-state index is 12.1. The summed E-state index contributed by atoms with van der Waals surface area (Å²) >= 11 is 0. The number of rotatable bonds is 3. The molecule has 1 heterocycles. The molecule has 0 radical (unpaired) electrons. The molecule has 0 aromatic heterocycles. The van der Waals surface area contributed by atoms with E-state index in [1.807, 2.05) is 11.8 Å². The van der Waals surface area contributed by atoms with Gasteiger partial charge in [-0.2, -0.15) is 0 Å². The van der Waals surface area contributed by atoms with E-state index in [-0.39, 0.29) is 24.4 Å². The quantitative estimate of drug-likeness (QED) is 0.815. The van der Waals surface area contributed by atoms with Crippen molar-refractivity contribution >= 4 is 17.5 Å². The van der Waals surface area contributed by atoms with Crippen molar-refractivity contribution in [3.8, 4) is 0 Å². The van der Waals surface area contributed by atoms with E-state index in [2.05, 4.69) is 12.2 Å². The third-order valence-electron chi connectivity index (χ3n) is 3.68. The number of carbonyl (C=O) groups is 2. The van der Waals surface area contributed by atoms with Crippen LogP contribution in [0.1, 0.15) is 30.6 Å². The summed E-state index contributed by atoms with van der Waals surface area (Å²) < 4.78 is 0. The summed E-state index contributed by atoms with van der Waals surface area (Å²) in [6.45, 7) is 5.00. The zero-order valence-corrected chi connectivity index (χ0v) is 11.9. The molecule has 20 heavy (non-hydrogen) atoms. The smallest absolute Gasteiger partial charge is 0.251 e. The zero-order valence-electron chi connectivity index (χ0n) is 11.9. The van der Waals surface area contributed by atoms with Crippen molar-refractivity contribution in [2.24, 2.45) is 5.92 Å². The fraction of sp³-hybridized carbons (Fsp3) is 0.467. The summed E-state index contributed by atoms with van der Waals surface area (Å²) in [7, 11) is 0. The number of nitrogens with two attached hydrogens (primary N) is 1. The number of nitrogens with zero attached hydrogens (tertiary/aromatic N) is 1. The molecule has 1 saturated heterocycles. The molecular formula is C15H21N3O2. The Morgan fingerprint density at radius 1 is 1.30 bits per heavy atom. The third-order valence-corrected chi connectivity index (χ3v) is 3.68. The van der Waals surface area contributed by atoms with Gasteiger partial charge in [-0.15, -0.1) is 0 Å². The van der Waals surface area contributed by atoms with Crippen LogP contribution in [0.4, 0.5) is 5.69 Å². The number of carbonyl (C=O) groups excluding carboxylic acids is 2. The molecule has 5 heteroatoms. The van der Waals surface area contributed by atoms with Crippen molar-refractivity contribution in [1.29, 1.82) is 0 Å². The number of amides is 2. The molecule has 108 valence electrons. The average molecular weight is 275 g/mol. The lowest BCUT2D eigenvalue weighted by Gasteiger charge is -2.21. The van der Waals surface area contributed by atoms with Gasteiger partial charge in [-0.05, 0) is 43.5 Å². The van der Waals surface area contributed by atoms with Gasteiger partial charge in [-0.1, -0.05) is 6.92 Å². The SMILES string of the molecule is CC1CC(C)N(C(=O)CNC(=O)c2ccc(N)cc2)C1. The molecule has 0 saturated carbocycles. The first-order valence-corrected chi connectivity index (χ1v) is 6.90. The number of hydrogen-bond donors (Lipinski definition) is 2. The fourth-order valence-electron chi connectivity index (χ4n) is 2.64. The van der Waals surface area contributed by atoms with E-state index in [1.54, 1.807) is 24.3 Å². The summed E-state index contributed by atoms with van der Waals surface area (Å²) in [5.74, 6) is 0.255. The van der Waals surface area contributed by atoms with E-state index in [1.165, 1.54) is 0 Å². The molecule has 1 aromatic rings. The van der Waals surface area contributed by atoms with Crippen molar-refractivity contribution in [1.82, 2.24) is 10.2 Å². The fourth-order valence-corrected chi connectivity index (χ4v) is 2.64. The van der Waals surface area contributed by atoms with Gasteiger partial charge >= 0.3 is 0 Å². The van der Waals surface area contributed by atoms with Gasteiger partial charge in [0.1, 0.15) is 0 Å². The van der Waals surface area contributed by atoms with Crippen molar-refractivity contribution in [2.75, 3.05) is 18.8 Å².